The fourth-order valence-corrected chi connectivity index (χ4v) is 2.80. The van der Waals surface area contributed by atoms with Crippen LogP contribution < -0.4 is 24.3 Å². The zero-order valence-electron chi connectivity index (χ0n) is 17.6. The molecule has 0 aliphatic heterocycles. The van der Waals surface area contributed by atoms with Crippen molar-refractivity contribution in [2.24, 2.45) is 0 Å². The van der Waals surface area contributed by atoms with Gasteiger partial charge in [-0.1, -0.05) is 13.3 Å². The van der Waals surface area contributed by atoms with E-state index in [0.29, 0.717) is 35.5 Å². The Hall–Kier alpha value is -3.03. The van der Waals surface area contributed by atoms with E-state index in [1.54, 1.807) is 27.5 Å². The number of ether oxygens (including phenoxy) is 4. The highest BCUT2D eigenvalue weighted by Gasteiger charge is 2.12. The second-order valence-corrected chi connectivity index (χ2v) is 6.34. The van der Waals surface area contributed by atoms with Crippen LogP contribution in [0.15, 0.2) is 18.3 Å². The number of nitrogens with one attached hydrogen (secondary N) is 2. The van der Waals surface area contributed by atoms with Gasteiger partial charge in [0.2, 0.25) is 0 Å². The highest BCUT2D eigenvalue weighted by molar-refractivity contribution is 5.72. The highest BCUT2D eigenvalue weighted by Crippen LogP contribution is 2.35. The Bertz CT molecular complexity index is 798. The molecule has 0 aliphatic rings. The average Bonchev–Trinajstić information content (AvgIpc) is 2.76. The molecule has 8 heteroatoms. The molecule has 1 aromatic heterocycles. The topological polar surface area (TPSA) is 98.6 Å². The van der Waals surface area contributed by atoms with Crippen molar-refractivity contribution in [1.82, 2.24) is 9.97 Å². The number of aryl methyl sites for hydroxylation is 1. The van der Waals surface area contributed by atoms with Gasteiger partial charge in [-0.05, 0) is 30.9 Å². The summed E-state index contributed by atoms with van der Waals surface area (Å²) in [6.45, 7) is 3.42. The van der Waals surface area contributed by atoms with Crippen molar-refractivity contribution < 1.29 is 18.9 Å². The second kappa shape index (κ2) is 11.7. The van der Waals surface area contributed by atoms with Gasteiger partial charge < -0.3 is 29.7 Å². The minimum Gasteiger partial charge on any atom is -0.496 e. The third-order valence-corrected chi connectivity index (χ3v) is 4.36. The third-order valence-electron chi connectivity index (χ3n) is 4.36. The number of unbranched alkanes of at least 4 members (excludes halogenated alkanes) is 1. The predicted molar refractivity (Wildman–Crippen MR) is 113 cm³/mol. The highest BCUT2D eigenvalue weighted by atomic mass is 16.5. The molecule has 2 rings (SSSR count). The maximum atomic E-state index is 7.34. The van der Waals surface area contributed by atoms with Gasteiger partial charge in [-0.25, -0.2) is 9.97 Å². The van der Waals surface area contributed by atoms with Gasteiger partial charge in [-0.3, -0.25) is 0 Å². The van der Waals surface area contributed by atoms with E-state index in [4.69, 9.17) is 24.4 Å². The Morgan fingerprint density at radius 1 is 1.00 bits per heavy atom. The van der Waals surface area contributed by atoms with Crippen LogP contribution in [-0.2, 0) is 6.42 Å². The lowest BCUT2D eigenvalue weighted by Crippen LogP contribution is -2.09. The molecule has 0 bridgehead atoms. The van der Waals surface area contributed by atoms with E-state index in [-0.39, 0.29) is 0 Å². The number of benzene rings is 1. The average molecular weight is 402 g/mol. The summed E-state index contributed by atoms with van der Waals surface area (Å²) in [5, 5.41) is 10.6. The van der Waals surface area contributed by atoms with Crippen molar-refractivity contribution in [3.63, 3.8) is 0 Å². The summed E-state index contributed by atoms with van der Waals surface area (Å²) < 4.78 is 22.1. The number of anilines is 1. The Morgan fingerprint density at radius 3 is 2.38 bits per heavy atom. The first kappa shape index (κ1) is 22.3. The van der Waals surface area contributed by atoms with Crippen molar-refractivity contribution in [2.45, 2.75) is 32.6 Å². The van der Waals surface area contributed by atoms with Gasteiger partial charge in [-0.15, -0.1) is 0 Å². The molecule has 1 heterocycles. The molecule has 29 heavy (non-hydrogen) atoms. The Labute approximate surface area is 172 Å². The molecule has 0 fully saturated rings. The number of aromatic nitrogens is 2. The second-order valence-electron chi connectivity index (χ2n) is 6.34. The first-order valence-electron chi connectivity index (χ1n) is 9.69. The molecule has 158 valence electrons. The summed E-state index contributed by atoms with van der Waals surface area (Å²) in [6, 6.07) is 3.76. The molecule has 0 aliphatic carbocycles. The van der Waals surface area contributed by atoms with Gasteiger partial charge in [0, 0.05) is 12.6 Å². The molecular weight excluding hydrogens is 372 g/mol. The first-order valence-corrected chi connectivity index (χ1v) is 9.69. The molecule has 0 amide bonds. The minimum absolute atomic E-state index is 0.353. The van der Waals surface area contributed by atoms with Crippen molar-refractivity contribution >= 4 is 12.0 Å². The van der Waals surface area contributed by atoms with E-state index in [2.05, 4.69) is 22.2 Å². The molecule has 0 radical (unpaired) electrons. The maximum absolute atomic E-state index is 7.34. The van der Waals surface area contributed by atoms with E-state index >= 15 is 0 Å². The number of methoxy groups -OCH3 is 3. The summed E-state index contributed by atoms with van der Waals surface area (Å²) in [6.07, 6.45) is 6.37. The van der Waals surface area contributed by atoms with Gasteiger partial charge >= 0.3 is 0 Å². The fourth-order valence-electron chi connectivity index (χ4n) is 2.80. The van der Waals surface area contributed by atoms with Crippen molar-refractivity contribution in [2.75, 3.05) is 39.8 Å². The van der Waals surface area contributed by atoms with Crippen LogP contribution in [0.25, 0.3) is 0 Å². The molecule has 8 nitrogen and oxygen atoms in total. The van der Waals surface area contributed by atoms with Crippen LogP contribution in [-0.4, -0.2) is 50.7 Å². The SMILES string of the molecule is CCCCNc1nc(C=N)ncc1OCCCc1cc(OC)c(OC)cc1OC. The zero-order valence-corrected chi connectivity index (χ0v) is 17.6. The predicted octanol–water partition coefficient (Wildman–Crippen LogP) is 3.72. The van der Waals surface area contributed by atoms with Gasteiger partial charge in [-0.2, -0.15) is 0 Å². The summed E-state index contributed by atoms with van der Waals surface area (Å²) >= 11 is 0. The minimum atomic E-state index is 0.353. The van der Waals surface area contributed by atoms with Gasteiger partial charge in [0.1, 0.15) is 5.75 Å². The van der Waals surface area contributed by atoms with Crippen molar-refractivity contribution in [1.29, 1.82) is 5.41 Å². The summed E-state index contributed by atoms with van der Waals surface area (Å²) in [4.78, 5) is 8.45. The molecular formula is C21H30N4O4. The van der Waals surface area contributed by atoms with Crippen LogP contribution in [0.5, 0.6) is 23.0 Å². The molecule has 0 saturated heterocycles. The third kappa shape index (κ3) is 6.23. The fraction of sp³-hybridized carbons (Fsp3) is 0.476. The number of nitrogens with zero attached hydrogens (tertiary/aromatic N) is 2. The van der Waals surface area contributed by atoms with Crippen LogP contribution >= 0.6 is 0 Å². The standard InChI is InChI=1S/C21H30N4O4/c1-5-6-9-23-21-19(14-24-20(13-22)25-21)29-10-7-8-15-11-17(27-3)18(28-4)12-16(15)26-2/h11-14,22H,5-10H2,1-4H3,(H,23,24,25). The summed E-state index contributed by atoms with van der Waals surface area (Å²) in [7, 11) is 4.85. The van der Waals surface area contributed by atoms with Crippen LogP contribution in [0.3, 0.4) is 0 Å². The summed E-state index contributed by atoms with van der Waals surface area (Å²) in [5.74, 6) is 3.62. The van der Waals surface area contributed by atoms with Crippen LogP contribution in [0.1, 0.15) is 37.6 Å². The van der Waals surface area contributed by atoms with Crippen LogP contribution in [0, 0.1) is 5.41 Å². The van der Waals surface area contributed by atoms with Crippen molar-refractivity contribution in [3.05, 3.63) is 29.7 Å². The largest absolute Gasteiger partial charge is 0.496 e. The lowest BCUT2D eigenvalue weighted by atomic mass is 10.1. The van der Waals surface area contributed by atoms with E-state index in [1.807, 2.05) is 12.1 Å². The van der Waals surface area contributed by atoms with Crippen molar-refractivity contribution in [3.8, 4) is 23.0 Å². The van der Waals surface area contributed by atoms with E-state index in [0.717, 1.165) is 49.8 Å². The molecule has 0 unspecified atom stereocenters. The molecule has 1 aromatic carbocycles. The Kier molecular flexibility index (Phi) is 9.01. The smallest absolute Gasteiger partial charge is 0.179 e. The van der Waals surface area contributed by atoms with Crippen LogP contribution in [0.4, 0.5) is 5.82 Å². The number of rotatable bonds is 13. The molecule has 0 atom stereocenters. The lowest BCUT2D eigenvalue weighted by molar-refractivity contribution is 0.308. The lowest BCUT2D eigenvalue weighted by Gasteiger charge is -2.15. The van der Waals surface area contributed by atoms with E-state index < -0.39 is 0 Å². The number of hydrogen-bond acceptors (Lipinski definition) is 8. The molecule has 2 aromatic rings. The monoisotopic (exact) mass is 402 g/mol. The van der Waals surface area contributed by atoms with Gasteiger partial charge in [0.25, 0.3) is 0 Å². The zero-order chi connectivity index (χ0) is 21.1. The molecule has 2 N–H and O–H groups in total. The molecule has 0 spiro atoms. The number of hydrogen-bond donors (Lipinski definition) is 2. The molecule has 0 saturated carbocycles. The quantitative estimate of drug-likeness (QED) is 0.389. The Balaban J connectivity index is 2.00. The van der Waals surface area contributed by atoms with Crippen LogP contribution in [0.2, 0.25) is 0 Å². The summed E-state index contributed by atoms with van der Waals surface area (Å²) in [5.41, 5.74) is 1.02. The maximum Gasteiger partial charge on any atom is 0.179 e. The van der Waals surface area contributed by atoms with E-state index in [1.165, 1.54) is 0 Å². The normalized spacial score (nSPS) is 10.3. The van der Waals surface area contributed by atoms with E-state index in [9.17, 15) is 0 Å². The van der Waals surface area contributed by atoms with Gasteiger partial charge in [0.05, 0.1) is 40.3 Å². The first-order chi connectivity index (χ1) is 14.2. The van der Waals surface area contributed by atoms with Gasteiger partial charge in [0.15, 0.2) is 28.9 Å². The Morgan fingerprint density at radius 2 is 1.72 bits per heavy atom.